The minimum atomic E-state index is -0.676. The number of carbonyl (C=O) groups is 1. The van der Waals surface area contributed by atoms with Gasteiger partial charge in [-0.15, -0.1) is 0 Å². The zero-order valence-electron chi connectivity index (χ0n) is 15.4. The fourth-order valence-electron chi connectivity index (χ4n) is 4.24. The third-order valence-corrected chi connectivity index (χ3v) is 5.76. The lowest BCUT2D eigenvalue weighted by Gasteiger charge is -2.37. The van der Waals surface area contributed by atoms with Crippen molar-refractivity contribution in [3.05, 3.63) is 65.6 Å². The van der Waals surface area contributed by atoms with Gasteiger partial charge in [0.25, 0.3) is 0 Å². The Bertz CT molecular complexity index is 1070. The lowest BCUT2D eigenvalue weighted by atomic mass is 9.79. The highest BCUT2D eigenvalue weighted by molar-refractivity contribution is 5.81. The molecule has 150 valence electrons. The van der Waals surface area contributed by atoms with Crippen LogP contribution in [0, 0.1) is 23.4 Å². The zero-order valence-corrected chi connectivity index (χ0v) is 15.4. The predicted molar refractivity (Wildman–Crippen MR) is 98.0 cm³/mol. The second-order valence-corrected chi connectivity index (χ2v) is 7.62. The molecule has 5 rings (SSSR count). The maximum atomic E-state index is 13.6. The molecule has 2 heterocycles. The van der Waals surface area contributed by atoms with Crippen LogP contribution in [-0.2, 0) is 9.63 Å². The van der Waals surface area contributed by atoms with Crippen molar-refractivity contribution in [2.75, 3.05) is 6.61 Å². The van der Waals surface area contributed by atoms with Crippen molar-refractivity contribution in [1.82, 2.24) is 14.8 Å². The first-order chi connectivity index (χ1) is 14.0. The molecule has 2 aromatic carbocycles. The van der Waals surface area contributed by atoms with E-state index in [0.29, 0.717) is 31.4 Å². The zero-order chi connectivity index (χ0) is 20.1. The average Bonchev–Trinajstić information content (AvgIpc) is 3.26. The van der Waals surface area contributed by atoms with Crippen LogP contribution in [-0.4, -0.2) is 27.4 Å². The molecule has 0 spiro atoms. The highest BCUT2D eigenvalue weighted by atomic mass is 19.1. The van der Waals surface area contributed by atoms with E-state index < -0.39 is 17.7 Å². The number of halogens is 3. The van der Waals surface area contributed by atoms with Crippen LogP contribution in [0.2, 0.25) is 0 Å². The third kappa shape index (κ3) is 3.17. The van der Waals surface area contributed by atoms with Gasteiger partial charge in [0, 0.05) is 23.8 Å². The molecular weight excluding hydrogens is 383 g/mol. The molecule has 29 heavy (non-hydrogen) atoms. The van der Waals surface area contributed by atoms with Crippen LogP contribution in [0.15, 0.2) is 42.6 Å². The van der Waals surface area contributed by atoms with Crippen LogP contribution < -0.4 is 0 Å². The number of fused-ring (bicyclic) bond motifs is 1. The van der Waals surface area contributed by atoms with Gasteiger partial charge < -0.3 is 0 Å². The number of nitrogens with zero attached hydrogens (tertiary/aromatic N) is 3. The number of aromatic nitrogens is 2. The Balaban J connectivity index is 1.30. The summed E-state index contributed by atoms with van der Waals surface area (Å²) >= 11 is 0. The molecule has 1 amide bonds. The fourth-order valence-corrected chi connectivity index (χ4v) is 4.24. The average molecular weight is 401 g/mol. The van der Waals surface area contributed by atoms with Crippen LogP contribution in [0.5, 0.6) is 0 Å². The Labute approximate surface area is 164 Å². The van der Waals surface area contributed by atoms with E-state index in [-0.39, 0.29) is 23.7 Å². The van der Waals surface area contributed by atoms with Gasteiger partial charge in [0.2, 0.25) is 5.91 Å². The van der Waals surface area contributed by atoms with E-state index >= 15 is 0 Å². The molecule has 1 saturated carbocycles. The number of hydroxylamine groups is 2. The van der Waals surface area contributed by atoms with Gasteiger partial charge >= 0.3 is 0 Å². The number of benzene rings is 2. The first-order valence-corrected chi connectivity index (χ1v) is 9.54. The Morgan fingerprint density at radius 2 is 1.79 bits per heavy atom. The maximum Gasteiger partial charge on any atom is 0.249 e. The molecule has 0 unspecified atom stereocenters. The van der Waals surface area contributed by atoms with Gasteiger partial charge in [0.05, 0.1) is 30.4 Å². The van der Waals surface area contributed by atoms with Crippen LogP contribution >= 0.6 is 0 Å². The van der Waals surface area contributed by atoms with Crippen molar-refractivity contribution in [2.45, 2.75) is 31.3 Å². The first kappa shape index (κ1) is 18.2. The summed E-state index contributed by atoms with van der Waals surface area (Å²) < 4.78 is 42.4. The SMILES string of the molecule is O=C([C@H]1C[C@@H](n2ncc3cc(F)ccc32)C1)N1OCC[C@H]1c1cc(F)cc(F)c1. The van der Waals surface area contributed by atoms with Crippen molar-refractivity contribution >= 4 is 16.8 Å². The van der Waals surface area contributed by atoms with Crippen molar-refractivity contribution < 1.29 is 22.8 Å². The van der Waals surface area contributed by atoms with Gasteiger partial charge in [-0.05, 0) is 48.7 Å². The minimum Gasteiger partial charge on any atom is -0.272 e. The summed E-state index contributed by atoms with van der Waals surface area (Å²) in [7, 11) is 0. The summed E-state index contributed by atoms with van der Waals surface area (Å²) in [5, 5.41) is 6.33. The van der Waals surface area contributed by atoms with E-state index in [9.17, 15) is 18.0 Å². The summed E-state index contributed by atoms with van der Waals surface area (Å²) in [6.07, 6.45) is 3.26. The van der Waals surface area contributed by atoms with Gasteiger partial charge in [-0.3, -0.25) is 14.3 Å². The van der Waals surface area contributed by atoms with Crippen molar-refractivity contribution in [2.24, 2.45) is 5.92 Å². The van der Waals surface area contributed by atoms with Crippen LogP contribution in [0.4, 0.5) is 13.2 Å². The summed E-state index contributed by atoms with van der Waals surface area (Å²) in [4.78, 5) is 18.4. The van der Waals surface area contributed by atoms with Gasteiger partial charge in [0.15, 0.2) is 0 Å². The second kappa shape index (κ2) is 6.88. The van der Waals surface area contributed by atoms with E-state index in [1.807, 2.05) is 4.68 Å². The Morgan fingerprint density at radius 3 is 2.55 bits per heavy atom. The molecule has 1 aliphatic heterocycles. The smallest absolute Gasteiger partial charge is 0.249 e. The summed E-state index contributed by atoms with van der Waals surface area (Å²) in [5.41, 5.74) is 1.22. The second-order valence-electron chi connectivity index (χ2n) is 7.62. The minimum absolute atomic E-state index is 0.0413. The topological polar surface area (TPSA) is 47.4 Å². The molecule has 1 aromatic heterocycles. The Hall–Kier alpha value is -2.87. The van der Waals surface area contributed by atoms with Crippen molar-refractivity contribution in [3.63, 3.8) is 0 Å². The largest absolute Gasteiger partial charge is 0.272 e. The van der Waals surface area contributed by atoms with E-state index in [2.05, 4.69) is 5.10 Å². The molecule has 1 atom stereocenters. The lowest BCUT2D eigenvalue weighted by molar-refractivity contribution is -0.185. The summed E-state index contributed by atoms with van der Waals surface area (Å²) in [5.74, 6) is -2.10. The maximum absolute atomic E-state index is 13.6. The summed E-state index contributed by atoms with van der Waals surface area (Å²) in [6, 6.07) is 7.33. The number of hydrogen-bond acceptors (Lipinski definition) is 3. The quantitative estimate of drug-likeness (QED) is 0.657. The molecule has 3 aromatic rings. The standard InChI is InChI=1S/C21H18F3N3O2/c22-15-1-2-19-14(7-15)11-25-26(19)18-8-13(9-18)21(28)27-20(3-4-29-27)12-5-16(23)10-17(24)6-12/h1-2,5-7,10-11,13,18,20H,3-4,8-9H2/t13-,18+,20-/m0/s1. The molecule has 0 bridgehead atoms. The normalized spacial score (nSPS) is 24.1. The van der Waals surface area contributed by atoms with Crippen molar-refractivity contribution in [1.29, 1.82) is 0 Å². The molecule has 1 saturated heterocycles. The van der Waals surface area contributed by atoms with Gasteiger partial charge in [-0.1, -0.05) is 0 Å². The molecule has 2 aliphatic rings. The highest BCUT2D eigenvalue weighted by Gasteiger charge is 2.43. The number of amides is 1. The van der Waals surface area contributed by atoms with E-state index in [1.54, 1.807) is 12.3 Å². The van der Waals surface area contributed by atoms with Crippen LogP contribution in [0.1, 0.15) is 36.9 Å². The molecule has 5 nitrogen and oxygen atoms in total. The molecule has 0 radical (unpaired) electrons. The van der Waals surface area contributed by atoms with Crippen molar-refractivity contribution in [3.8, 4) is 0 Å². The molecule has 1 aliphatic carbocycles. The number of carbonyl (C=O) groups excluding carboxylic acids is 1. The molecular formula is C21H18F3N3O2. The molecule has 0 N–H and O–H groups in total. The van der Waals surface area contributed by atoms with Crippen LogP contribution in [0.3, 0.4) is 0 Å². The first-order valence-electron chi connectivity index (χ1n) is 9.54. The Kier molecular flexibility index (Phi) is 4.31. The monoisotopic (exact) mass is 401 g/mol. The molecule has 8 heteroatoms. The highest BCUT2D eigenvalue weighted by Crippen LogP contribution is 2.42. The number of rotatable bonds is 3. The van der Waals surface area contributed by atoms with Crippen LogP contribution in [0.25, 0.3) is 10.9 Å². The van der Waals surface area contributed by atoms with Gasteiger partial charge in [-0.2, -0.15) is 5.10 Å². The lowest BCUT2D eigenvalue weighted by Crippen LogP contribution is -2.41. The van der Waals surface area contributed by atoms with E-state index in [0.717, 1.165) is 17.0 Å². The third-order valence-electron chi connectivity index (χ3n) is 5.76. The summed E-state index contributed by atoms with van der Waals surface area (Å²) in [6.45, 7) is 0.319. The predicted octanol–water partition coefficient (Wildman–Crippen LogP) is 4.31. The fraction of sp³-hybridized carbons (Fsp3) is 0.333. The Morgan fingerprint density at radius 1 is 1.03 bits per heavy atom. The van der Waals surface area contributed by atoms with E-state index in [4.69, 9.17) is 4.84 Å². The molecule has 2 fully saturated rings. The van der Waals surface area contributed by atoms with E-state index in [1.165, 1.54) is 29.3 Å². The number of hydrogen-bond donors (Lipinski definition) is 0. The van der Waals surface area contributed by atoms with Gasteiger partial charge in [-0.25, -0.2) is 18.2 Å². The van der Waals surface area contributed by atoms with Gasteiger partial charge in [0.1, 0.15) is 17.5 Å².